The normalized spacial score (nSPS) is 26.7. The van der Waals surface area contributed by atoms with E-state index < -0.39 is 5.91 Å². The Morgan fingerprint density at radius 2 is 1.55 bits per heavy atom. The molecule has 2 fully saturated rings. The Bertz CT molecular complexity index is 987. The number of fused-ring (bicyclic) bond motifs is 5. The first-order valence-corrected chi connectivity index (χ1v) is 9.77. The Kier molecular flexibility index (Phi) is 4.19. The summed E-state index contributed by atoms with van der Waals surface area (Å²) in [6.07, 6.45) is 4.95. The molecule has 4 unspecified atom stereocenters. The van der Waals surface area contributed by atoms with Crippen molar-refractivity contribution in [3.8, 4) is 11.5 Å². The monoisotopic (exact) mass is 388 g/mol. The van der Waals surface area contributed by atoms with Crippen molar-refractivity contribution in [2.45, 2.75) is 6.42 Å². The average Bonchev–Trinajstić information content (AvgIpc) is 3.40. The highest BCUT2D eigenvalue weighted by atomic mass is 16.5. The Morgan fingerprint density at radius 3 is 2.24 bits per heavy atom. The first kappa shape index (κ1) is 17.7. The lowest BCUT2D eigenvalue weighted by atomic mass is 9.85. The van der Waals surface area contributed by atoms with Crippen molar-refractivity contribution >= 4 is 23.4 Å². The fourth-order valence-corrected chi connectivity index (χ4v) is 4.73. The summed E-state index contributed by atoms with van der Waals surface area (Å²) in [6, 6.07) is 16.3. The van der Waals surface area contributed by atoms with Gasteiger partial charge in [0, 0.05) is 0 Å². The van der Waals surface area contributed by atoms with Crippen molar-refractivity contribution in [2.24, 2.45) is 23.7 Å². The number of nitrogens with one attached hydrogen (secondary N) is 1. The number of hydrogen-bond donors (Lipinski definition) is 1. The molecular formula is C23H20N2O4. The summed E-state index contributed by atoms with van der Waals surface area (Å²) in [5, 5.41) is 2.78. The van der Waals surface area contributed by atoms with Gasteiger partial charge in [0.25, 0.3) is 0 Å². The zero-order valence-electron chi connectivity index (χ0n) is 15.7. The summed E-state index contributed by atoms with van der Waals surface area (Å²) >= 11 is 0. The van der Waals surface area contributed by atoms with Crippen molar-refractivity contribution < 1.29 is 19.1 Å². The molecule has 0 spiro atoms. The Labute approximate surface area is 168 Å². The molecule has 1 N–H and O–H groups in total. The molecule has 6 nitrogen and oxygen atoms in total. The van der Waals surface area contributed by atoms with Gasteiger partial charge in [-0.05, 0) is 42.5 Å². The number of carbonyl (C=O) groups is 3. The van der Waals surface area contributed by atoms with Gasteiger partial charge in [-0.3, -0.25) is 19.3 Å². The van der Waals surface area contributed by atoms with Crippen LogP contribution in [0.4, 0.5) is 5.69 Å². The zero-order valence-corrected chi connectivity index (χ0v) is 15.7. The Morgan fingerprint density at radius 1 is 0.931 bits per heavy atom. The third-order valence-corrected chi connectivity index (χ3v) is 6.00. The van der Waals surface area contributed by atoms with Gasteiger partial charge in [-0.1, -0.05) is 42.5 Å². The van der Waals surface area contributed by atoms with E-state index in [9.17, 15) is 14.4 Å². The highest BCUT2D eigenvalue weighted by Gasteiger charge is 2.59. The molecule has 5 rings (SSSR count). The van der Waals surface area contributed by atoms with Crippen LogP contribution in [0, 0.1) is 23.7 Å². The predicted molar refractivity (Wildman–Crippen MR) is 106 cm³/mol. The minimum atomic E-state index is -0.420. The second kappa shape index (κ2) is 6.88. The largest absolute Gasteiger partial charge is 0.455 e. The molecule has 29 heavy (non-hydrogen) atoms. The van der Waals surface area contributed by atoms with Crippen molar-refractivity contribution in [3.63, 3.8) is 0 Å². The third-order valence-electron chi connectivity index (χ3n) is 6.00. The van der Waals surface area contributed by atoms with Gasteiger partial charge >= 0.3 is 0 Å². The minimum Gasteiger partial charge on any atom is -0.455 e. The summed E-state index contributed by atoms with van der Waals surface area (Å²) in [7, 11) is 0. The maximum Gasteiger partial charge on any atom is 0.244 e. The molecule has 4 atom stereocenters. The molecule has 1 aliphatic heterocycles. The van der Waals surface area contributed by atoms with Gasteiger partial charge in [-0.25, -0.2) is 0 Å². The van der Waals surface area contributed by atoms with Crippen LogP contribution in [0.25, 0.3) is 0 Å². The molecule has 0 aromatic heterocycles. The van der Waals surface area contributed by atoms with Crippen LogP contribution in [0.15, 0.2) is 66.7 Å². The van der Waals surface area contributed by atoms with Gasteiger partial charge in [0.1, 0.15) is 12.3 Å². The Balaban J connectivity index is 1.29. The molecule has 146 valence electrons. The van der Waals surface area contributed by atoms with E-state index in [0.29, 0.717) is 17.2 Å². The van der Waals surface area contributed by atoms with Gasteiger partial charge in [0.05, 0.1) is 17.5 Å². The number of hydrogen-bond acceptors (Lipinski definition) is 4. The quantitative estimate of drug-likeness (QED) is 0.630. The number of likely N-dealkylation sites (tertiary alicyclic amines) is 1. The number of rotatable bonds is 5. The van der Waals surface area contributed by atoms with E-state index in [0.717, 1.165) is 11.3 Å². The maximum atomic E-state index is 12.7. The van der Waals surface area contributed by atoms with E-state index >= 15 is 0 Å². The van der Waals surface area contributed by atoms with Gasteiger partial charge in [0.2, 0.25) is 17.7 Å². The lowest BCUT2D eigenvalue weighted by Crippen LogP contribution is -2.39. The van der Waals surface area contributed by atoms with Crippen LogP contribution in [-0.2, 0) is 14.4 Å². The van der Waals surface area contributed by atoms with Crippen LogP contribution in [0.5, 0.6) is 11.5 Å². The Hall–Kier alpha value is -3.41. The molecule has 2 aromatic carbocycles. The van der Waals surface area contributed by atoms with Crippen molar-refractivity contribution in [3.05, 3.63) is 66.7 Å². The first-order valence-electron chi connectivity index (χ1n) is 9.77. The highest BCUT2D eigenvalue weighted by molar-refractivity contribution is 6.09. The number of imide groups is 1. The smallest absolute Gasteiger partial charge is 0.244 e. The average molecular weight is 388 g/mol. The molecular weight excluding hydrogens is 368 g/mol. The van der Waals surface area contributed by atoms with E-state index in [-0.39, 0.29) is 42.0 Å². The standard InChI is InChI=1S/C23H20N2O4/c26-19(13-25-22(27)20-14-10-11-15(12-14)21(20)23(25)28)24-17-8-4-5-9-18(17)29-16-6-2-1-3-7-16/h1-11,14-15,20-21H,12-13H2,(H,24,26). The fraction of sp³-hybridized carbons (Fsp3) is 0.261. The fourth-order valence-electron chi connectivity index (χ4n) is 4.73. The van der Waals surface area contributed by atoms with Crippen LogP contribution in [0.2, 0.25) is 0 Å². The first-order chi connectivity index (χ1) is 14.1. The van der Waals surface area contributed by atoms with Crippen molar-refractivity contribution in [2.75, 3.05) is 11.9 Å². The second-order valence-electron chi connectivity index (χ2n) is 7.72. The number of amides is 3. The van der Waals surface area contributed by atoms with Crippen LogP contribution in [0.3, 0.4) is 0 Å². The predicted octanol–water partition coefficient (Wildman–Crippen LogP) is 3.22. The molecule has 3 amide bonds. The van der Waals surface area contributed by atoms with E-state index in [4.69, 9.17) is 4.74 Å². The molecule has 1 saturated carbocycles. The van der Waals surface area contributed by atoms with Crippen LogP contribution in [0.1, 0.15) is 6.42 Å². The molecule has 0 radical (unpaired) electrons. The summed E-state index contributed by atoms with van der Waals surface area (Å²) in [4.78, 5) is 39.3. The van der Waals surface area contributed by atoms with Crippen molar-refractivity contribution in [1.29, 1.82) is 0 Å². The molecule has 3 aliphatic rings. The van der Waals surface area contributed by atoms with Crippen LogP contribution in [-0.4, -0.2) is 29.2 Å². The van der Waals surface area contributed by atoms with Crippen LogP contribution >= 0.6 is 0 Å². The summed E-state index contributed by atoms with van der Waals surface area (Å²) < 4.78 is 5.85. The number of anilines is 1. The number of para-hydroxylation sites is 3. The van der Waals surface area contributed by atoms with Gasteiger partial charge in [0.15, 0.2) is 5.75 Å². The van der Waals surface area contributed by atoms with Gasteiger partial charge < -0.3 is 10.1 Å². The molecule has 2 bridgehead atoms. The molecule has 6 heteroatoms. The van der Waals surface area contributed by atoms with E-state index in [1.807, 2.05) is 48.6 Å². The number of nitrogens with zero attached hydrogens (tertiary/aromatic N) is 1. The van der Waals surface area contributed by atoms with Gasteiger partial charge in [-0.2, -0.15) is 0 Å². The van der Waals surface area contributed by atoms with Crippen molar-refractivity contribution in [1.82, 2.24) is 4.90 Å². The number of ether oxygens (including phenoxy) is 1. The molecule has 2 aliphatic carbocycles. The number of benzene rings is 2. The van der Waals surface area contributed by atoms with E-state index in [2.05, 4.69) is 5.32 Å². The number of allylic oxidation sites excluding steroid dienone is 2. The lowest BCUT2D eigenvalue weighted by molar-refractivity contribution is -0.143. The third kappa shape index (κ3) is 3.01. The van der Waals surface area contributed by atoms with Crippen LogP contribution < -0.4 is 10.1 Å². The summed E-state index contributed by atoms with van der Waals surface area (Å²) in [5.74, 6) is -0.0418. The molecule has 2 aromatic rings. The maximum absolute atomic E-state index is 12.7. The topological polar surface area (TPSA) is 75.7 Å². The lowest BCUT2D eigenvalue weighted by Gasteiger charge is -2.17. The van der Waals surface area contributed by atoms with E-state index in [1.54, 1.807) is 18.2 Å². The number of carbonyl (C=O) groups excluding carboxylic acids is 3. The summed E-state index contributed by atoms with van der Waals surface area (Å²) in [5.41, 5.74) is 0.488. The molecule has 1 heterocycles. The SMILES string of the molecule is O=C(CN1C(=O)C2C3C=CC(C3)C2C1=O)Nc1ccccc1Oc1ccccc1. The molecule has 1 saturated heterocycles. The van der Waals surface area contributed by atoms with E-state index in [1.165, 1.54) is 0 Å². The summed E-state index contributed by atoms with van der Waals surface area (Å²) in [6.45, 7) is -0.274. The van der Waals surface area contributed by atoms with Gasteiger partial charge in [-0.15, -0.1) is 0 Å². The minimum absolute atomic E-state index is 0.134. The zero-order chi connectivity index (χ0) is 20.0. The highest BCUT2D eigenvalue weighted by Crippen LogP contribution is 2.52. The second-order valence-corrected chi connectivity index (χ2v) is 7.72.